The molecule has 1 aromatic carbocycles. The maximum Gasteiger partial charge on any atom is 0.0611 e. The maximum absolute atomic E-state index is 9.52. The standard InChI is InChI=1S/C23H30N2O/c24-23(16-26)10-7-22(15-23)21-6-5-19-13-18(3-4-20(19)14-21)2-1-17-8-11-25-12-9-17/h5-6,8-9,11-12,14,18,22,26H,1-4,7,10,13,15-16,24H2/t18?,22-,23+/m0/s1. The Morgan fingerprint density at radius 1 is 1.12 bits per heavy atom. The average molecular weight is 351 g/mol. The van der Waals surface area contributed by atoms with Gasteiger partial charge in [-0.25, -0.2) is 0 Å². The molecule has 3 nitrogen and oxygen atoms in total. The van der Waals surface area contributed by atoms with Crippen molar-refractivity contribution in [3.8, 4) is 0 Å². The van der Waals surface area contributed by atoms with Crippen molar-refractivity contribution >= 4 is 0 Å². The van der Waals surface area contributed by atoms with Gasteiger partial charge >= 0.3 is 0 Å². The van der Waals surface area contributed by atoms with Gasteiger partial charge in [0.05, 0.1) is 6.61 Å². The maximum atomic E-state index is 9.52. The molecule has 2 aliphatic carbocycles. The monoisotopic (exact) mass is 350 g/mol. The molecule has 0 spiro atoms. The summed E-state index contributed by atoms with van der Waals surface area (Å²) in [6.45, 7) is 0.105. The molecule has 2 aromatic rings. The van der Waals surface area contributed by atoms with E-state index >= 15 is 0 Å². The number of aliphatic hydroxyl groups is 1. The third kappa shape index (κ3) is 3.84. The summed E-state index contributed by atoms with van der Waals surface area (Å²) in [5.41, 5.74) is 11.8. The zero-order chi connectivity index (χ0) is 18.0. The Kier molecular flexibility index (Phi) is 5.10. The Morgan fingerprint density at radius 2 is 1.96 bits per heavy atom. The number of aromatic nitrogens is 1. The van der Waals surface area contributed by atoms with Gasteiger partial charge in [-0.3, -0.25) is 4.98 Å². The lowest BCUT2D eigenvalue weighted by molar-refractivity contribution is 0.198. The van der Waals surface area contributed by atoms with Crippen molar-refractivity contribution in [2.24, 2.45) is 11.7 Å². The highest BCUT2D eigenvalue weighted by molar-refractivity contribution is 5.36. The molecule has 4 rings (SSSR count). The molecule has 3 atom stereocenters. The molecule has 1 heterocycles. The van der Waals surface area contributed by atoms with E-state index < -0.39 is 0 Å². The molecule has 1 saturated carbocycles. The molecule has 3 N–H and O–H groups in total. The molecule has 0 saturated heterocycles. The fraction of sp³-hybridized carbons (Fsp3) is 0.522. The molecular weight excluding hydrogens is 320 g/mol. The van der Waals surface area contributed by atoms with Gasteiger partial charge in [-0.1, -0.05) is 18.2 Å². The number of nitrogens with two attached hydrogens (primary N) is 1. The van der Waals surface area contributed by atoms with Crippen LogP contribution < -0.4 is 5.73 Å². The lowest BCUT2D eigenvalue weighted by Crippen LogP contribution is -2.40. The van der Waals surface area contributed by atoms with Crippen molar-refractivity contribution in [3.05, 3.63) is 65.0 Å². The van der Waals surface area contributed by atoms with Crippen LogP contribution in [0.25, 0.3) is 0 Å². The van der Waals surface area contributed by atoms with Gasteiger partial charge in [0.2, 0.25) is 0 Å². The van der Waals surface area contributed by atoms with Crippen LogP contribution in [0, 0.1) is 5.92 Å². The minimum Gasteiger partial charge on any atom is -0.394 e. The van der Waals surface area contributed by atoms with Crippen LogP contribution in [-0.4, -0.2) is 22.2 Å². The van der Waals surface area contributed by atoms with Crippen molar-refractivity contribution in [3.63, 3.8) is 0 Å². The first-order valence-corrected chi connectivity index (χ1v) is 10.1. The quantitative estimate of drug-likeness (QED) is 0.863. The number of benzene rings is 1. The van der Waals surface area contributed by atoms with Crippen molar-refractivity contribution in [1.29, 1.82) is 0 Å². The van der Waals surface area contributed by atoms with Crippen LogP contribution in [0.3, 0.4) is 0 Å². The Bertz CT molecular complexity index is 745. The van der Waals surface area contributed by atoms with Gasteiger partial charge in [-0.15, -0.1) is 0 Å². The van der Waals surface area contributed by atoms with E-state index in [0.29, 0.717) is 5.92 Å². The summed E-state index contributed by atoms with van der Waals surface area (Å²) in [5, 5.41) is 9.52. The number of rotatable bonds is 5. The summed E-state index contributed by atoms with van der Waals surface area (Å²) in [6, 6.07) is 11.4. The SMILES string of the molecule is N[C@]1(CO)CC[C@H](c2ccc3c(c2)CCC(CCc2ccncc2)C3)C1. The van der Waals surface area contributed by atoms with Gasteiger partial charge in [-0.2, -0.15) is 0 Å². The fourth-order valence-corrected chi connectivity index (χ4v) is 4.86. The highest BCUT2D eigenvalue weighted by atomic mass is 16.3. The minimum atomic E-state index is -0.362. The molecule has 1 unspecified atom stereocenters. The van der Waals surface area contributed by atoms with Gasteiger partial charge in [-0.05, 0) is 97.6 Å². The topological polar surface area (TPSA) is 59.1 Å². The molecule has 3 heteroatoms. The van der Waals surface area contributed by atoms with E-state index in [2.05, 4.69) is 35.3 Å². The van der Waals surface area contributed by atoms with E-state index in [4.69, 9.17) is 5.73 Å². The first-order valence-electron chi connectivity index (χ1n) is 10.1. The van der Waals surface area contributed by atoms with Crippen molar-refractivity contribution in [2.75, 3.05) is 6.61 Å². The molecule has 138 valence electrons. The van der Waals surface area contributed by atoms with Gasteiger partial charge < -0.3 is 10.8 Å². The van der Waals surface area contributed by atoms with E-state index in [1.54, 1.807) is 11.1 Å². The Balaban J connectivity index is 1.38. The number of pyridine rings is 1. The number of hydrogen-bond acceptors (Lipinski definition) is 3. The highest BCUT2D eigenvalue weighted by Crippen LogP contribution is 2.40. The Morgan fingerprint density at radius 3 is 2.73 bits per heavy atom. The number of hydrogen-bond donors (Lipinski definition) is 2. The van der Waals surface area contributed by atoms with E-state index in [1.807, 2.05) is 12.4 Å². The molecule has 1 aromatic heterocycles. The van der Waals surface area contributed by atoms with Gasteiger partial charge in [0.25, 0.3) is 0 Å². The summed E-state index contributed by atoms with van der Waals surface area (Å²) < 4.78 is 0. The minimum absolute atomic E-state index is 0.105. The summed E-state index contributed by atoms with van der Waals surface area (Å²) in [4.78, 5) is 4.10. The van der Waals surface area contributed by atoms with Crippen LogP contribution in [0.1, 0.15) is 60.3 Å². The predicted octanol–water partition coefficient (Wildman–Crippen LogP) is 3.78. The van der Waals surface area contributed by atoms with Crippen LogP contribution in [0.15, 0.2) is 42.7 Å². The molecule has 1 fully saturated rings. The first kappa shape index (κ1) is 17.7. The Labute approximate surface area is 156 Å². The average Bonchev–Trinajstić information content (AvgIpc) is 3.09. The van der Waals surface area contributed by atoms with Crippen LogP contribution in [0.5, 0.6) is 0 Å². The van der Waals surface area contributed by atoms with Crippen LogP contribution in [0.4, 0.5) is 0 Å². The second-order valence-corrected chi connectivity index (χ2v) is 8.49. The number of nitrogens with zero attached hydrogens (tertiary/aromatic N) is 1. The third-order valence-electron chi connectivity index (χ3n) is 6.58. The largest absolute Gasteiger partial charge is 0.394 e. The van der Waals surface area contributed by atoms with Gasteiger partial charge in [0.15, 0.2) is 0 Å². The van der Waals surface area contributed by atoms with Crippen molar-refractivity contribution in [1.82, 2.24) is 4.98 Å². The van der Waals surface area contributed by atoms with Crippen LogP contribution >= 0.6 is 0 Å². The molecule has 26 heavy (non-hydrogen) atoms. The molecule has 0 radical (unpaired) electrons. The van der Waals surface area contributed by atoms with Gasteiger partial charge in [0.1, 0.15) is 0 Å². The predicted molar refractivity (Wildman–Crippen MR) is 105 cm³/mol. The molecule has 0 amide bonds. The molecule has 2 aliphatic rings. The van der Waals surface area contributed by atoms with Crippen LogP contribution in [0.2, 0.25) is 0 Å². The number of aryl methyl sites for hydroxylation is 2. The number of aliphatic hydroxyl groups excluding tert-OH is 1. The summed E-state index contributed by atoms with van der Waals surface area (Å²) in [5.74, 6) is 1.31. The molecule has 0 bridgehead atoms. The van der Waals surface area contributed by atoms with E-state index in [-0.39, 0.29) is 12.1 Å². The normalized spacial score (nSPS) is 28.1. The van der Waals surface area contributed by atoms with Gasteiger partial charge in [0, 0.05) is 17.9 Å². The van der Waals surface area contributed by atoms with E-state index in [1.165, 1.54) is 36.8 Å². The van der Waals surface area contributed by atoms with Crippen molar-refractivity contribution in [2.45, 2.75) is 62.8 Å². The zero-order valence-electron chi connectivity index (χ0n) is 15.5. The second kappa shape index (κ2) is 7.50. The Hall–Kier alpha value is -1.71. The van der Waals surface area contributed by atoms with E-state index in [0.717, 1.165) is 31.6 Å². The van der Waals surface area contributed by atoms with Crippen LogP contribution in [-0.2, 0) is 19.3 Å². The first-order chi connectivity index (χ1) is 12.6. The lowest BCUT2D eigenvalue weighted by Gasteiger charge is -2.26. The smallest absolute Gasteiger partial charge is 0.0611 e. The number of fused-ring (bicyclic) bond motifs is 1. The highest BCUT2D eigenvalue weighted by Gasteiger charge is 2.36. The second-order valence-electron chi connectivity index (χ2n) is 8.49. The lowest BCUT2D eigenvalue weighted by atomic mass is 9.79. The third-order valence-corrected chi connectivity index (χ3v) is 6.58. The fourth-order valence-electron chi connectivity index (χ4n) is 4.86. The van der Waals surface area contributed by atoms with Crippen molar-refractivity contribution < 1.29 is 5.11 Å². The molecular formula is C23H30N2O. The summed E-state index contributed by atoms with van der Waals surface area (Å²) in [6.07, 6.45) is 12.9. The summed E-state index contributed by atoms with van der Waals surface area (Å²) >= 11 is 0. The van der Waals surface area contributed by atoms with E-state index in [9.17, 15) is 5.11 Å². The zero-order valence-corrected chi connectivity index (χ0v) is 15.5. The summed E-state index contributed by atoms with van der Waals surface area (Å²) in [7, 11) is 0. The molecule has 0 aliphatic heterocycles.